The average molecular weight is 468 g/mol. The number of benzene rings is 2. The highest BCUT2D eigenvalue weighted by Gasteiger charge is 2.30. The number of fused-ring (bicyclic) bond motifs is 3. The van der Waals surface area contributed by atoms with E-state index in [0.717, 1.165) is 33.6 Å². The first-order chi connectivity index (χ1) is 15.9. The highest BCUT2D eigenvalue weighted by molar-refractivity contribution is 7.07. The van der Waals surface area contributed by atoms with Crippen molar-refractivity contribution in [2.45, 2.75) is 24.9 Å². The Morgan fingerprint density at radius 1 is 1.06 bits per heavy atom. The monoisotopic (exact) mass is 467 g/mol. The zero-order valence-corrected chi connectivity index (χ0v) is 18.2. The number of rotatable bonds is 8. The van der Waals surface area contributed by atoms with Crippen LogP contribution in [0, 0.1) is 0 Å². The molecule has 10 heteroatoms. The van der Waals surface area contributed by atoms with Gasteiger partial charge in [-0.15, -0.1) is 0 Å². The minimum absolute atomic E-state index is 0.0000616. The summed E-state index contributed by atoms with van der Waals surface area (Å²) in [5.41, 5.74) is 4.72. The van der Waals surface area contributed by atoms with E-state index < -0.39 is 30.4 Å². The van der Waals surface area contributed by atoms with Crippen molar-refractivity contribution in [2.75, 3.05) is 6.61 Å². The lowest BCUT2D eigenvalue weighted by Crippen LogP contribution is -2.48. The Bertz CT molecular complexity index is 1200. The zero-order chi connectivity index (χ0) is 23.4. The molecule has 9 nitrogen and oxygen atoms in total. The summed E-state index contributed by atoms with van der Waals surface area (Å²) in [7, 11) is 0. The van der Waals surface area contributed by atoms with Gasteiger partial charge in [0.2, 0.25) is 5.91 Å². The Morgan fingerprint density at radius 2 is 1.70 bits per heavy atom. The predicted molar refractivity (Wildman–Crippen MR) is 121 cm³/mol. The normalized spacial score (nSPS) is 13.0. The Hall–Kier alpha value is -3.92. The third-order valence-electron chi connectivity index (χ3n) is 5.35. The number of carbonyl (C=O) groups is 3. The zero-order valence-electron chi connectivity index (χ0n) is 17.4. The van der Waals surface area contributed by atoms with Crippen molar-refractivity contribution in [1.82, 2.24) is 15.6 Å². The topological polar surface area (TPSA) is 138 Å². The number of carboxylic acid groups (broad SMARTS) is 1. The minimum atomic E-state index is -1.33. The summed E-state index contributed by atoms with van der Waals surface area (Å²) >= 11 is 0.948. The molecule has 0 bridgehead atoms. The average Bonchev–Trinajstić information content (AvgIpc) is 3.36. The number of aromatic nitrogens is 1. The number of hydrogen-bond donors (Lipinski definition) is 4. The standard InChI is InChI=1S/C23H21N3O6S/c27-20(28)9-19(21(29)24-10-13-12-33-23(31)25-13)26-22(30)32-11-18-16-7-3-1-5-14(16)15-6-2-4-8-17(15)18/h1-8,12,18-19H,9-11H2,(H,24,29)(H,25,31)(H,26,30)(H,27,28). The number of carboxylic acids is 1. The molecule has 170 valence electrons. The van der Waals surface area contributed by atoms with Gasteiger partial charge in [0, 0.05) is 17.0 Å². The van der Waals surface area contributed by atoms with E-state index in [-0.39, 0.29) is 23.9 Å². The van der Waals surface area contributed by atoms with Gasteiger partial charge in [-0.1, -0.05) is 59.9 Å². The van der Waals surface area contributed by atoms with E-state index >= 15 is 0 Å². The Morgan fingerprint density at radius 3 is 2.27 bits per heavy atom. The van der Waals surface area contributed by atoms with Gasteiger partial charge in [-0.3, -0.25) is 14.4 Å². The van der Waals surface area contributed by atoms with Crippen LogP contribution in [0.2, 0.25) is 0 Å². The van der Waals surface area contributed by atoms with E-state index in [1.807, 2.05) is 48.5 Å². The maximum absolute atomic E-state index is 12.4. The maximum Gasteiger partial charge on any atom is 0.407 e. The van der Waals surface area contributed by atoms with Crippen molar-refractivity contribution in [3.8, 4) is 11.1 Å². The fraction of sp³-hybridized carbons (Fsp3) is 0.217. The quantitative estimate of drug-likeness (QED) is 0.402. The van der Waals surface area contributed by atoms with Crippen molar-refractivity contribution >= 4 is 29.3 Å². The highest BCUT2D eigenvalue weighted by Crippen LogP contribution is 2.44. The summed E-state index contributed by atoms with van der Waals surface area (Å²) in [6, 6.07) is 14.4. The molecule has 1 aliphatic rings. The first kappa shape index (κ1) is 22.3. The molecule has 33 heavy (non-hydrogen) atoms. The van der Waals surface area contributed by atoms with Gasteiger partial charge in [0.25, 0.3) is 0 Å². The van der Waals surface area contributed by atoms with E-state index in [1.54, 1.807) is 5.38 Å². The summed E-state index contributed by atoms with van der Waals surface area (Å²) < 4.78 is 5.40. The molecule has 0 saturated carbocycles. The Balaban J connectivity index is 1.39. The van der Waals surface area contributed by atoms with Gasteiger partial charge < -0.3 is 25.5 Å². The van der Waals surface area contributed by atoms with Crippen LogP contribution in [-0.4, -0.2) is 40.7 Å². The first-order valence-corrected chi connectivity index (χ1v) is 11.1. The molecule has 1 aliphatic carbocycles. The Labute approximate surface area is 192 Å². The molecule has 0 fully saturated rings. The molecule has 4 rings (SSSR count). The molecule has 1 aromatic heterocycles. The molecule has 1 heterocycles. The molecule has 4 N–H and O–H groups in total. The number of H-pyrrole nitrogens is 1. The van der Waals surface area contributed by atoms with Gasteiger partial charge in [-0.2, -0.15) is 0 Å². The second kappa shape index (κ2) is 9.70. The number of hydrogen-bond acceptors (Lipinski definition) is 6. The van der Waals surface area contributed by atoms with Crippen LogP contribution in [0.1, 0.15) is 29.2 Å². The lowest BCUT2D eigenvalue weighted by molar-refractivity contribution is -0.139. The summed E-state index contributed by atoms with van der Waals surface area (Å²) in [5.74, 6) is -2.11. The van der Waals surface area contributed by atoms with Gasteiger partial charge >= 0.3 is 16.9 Å². The lowest BCUT2D eigenvalue weighted by atomic mass is 9.98. The van der Waals surface area contributed by atoms with Crippen molar-refractivity contribution in [2.24, 2.45) is 0 Å². The van der Waals surface area contributed by atoms with E-state index in [0.29, 0.717) is 5.69 Å². The summed E-state index contributed by atoms with van der Waals surface area (Å²) in [6.07, 6.45) is -1.50. The third kappa shape index (κ3) is 5.12. The van der Waals surface area contributed by atoms with Crippen LogP contribution in [0.4, 0.5) is 4.79 Å². The van der Waals surface area contributed by atoms with E-state index in [1.165, 1.54) is 0 Å². The fourth-order valence-corrected chi connectivity index (χ4v) is 4.45. The molecule has 0 aliphatic heterocycles. The molecule has 0 saturated heterocycles. The van der Waals surface area contributed by atoms with Crippen LogP contribution in [0.25, 0.3) is 11.1 Å². The Kier molecular flexibility index (Phi) is 6.55. The predicted octanol–water partition coefficient (Wildman–Crippen LogP) is 2.43. The molecule has 0 spiro atoms. The molecule has 2 aromatic carbocycles. The molecule has 1 atom stereocenters. The second-order valence-electron chi connectivity index (χ2n) is 7.51. The van der Waals surface area contributed by atoms with Gasteiger partial charge in [0.05, 0.1) is 13.0 Å². The molecular weight excluding hydrogens is 446 g/mol. The van der Waals surface area contributed by atoms with Gasteiger partial charge in [0.1, 0.15) is 12.6 Å². The number of thiazole rings is 1. The summed E-state index contributed by atoms with van der Waals surface area (Å²) in [4.78, 5) is 49.6. The van der Waals surface area contributed by atoms with Crippen molar-refractivity contribution in [3.05, 3.63) is 80.4 Å². The van der Waals surface area contributed by atoms with Crippen LogP contribution in [0.3, 0.4) is 0 Å². The maximum atomic E-state index is 12.4. The highest BCUT2D eigenvalue weighted by atomic mass is 32.1. The molecule has 3 aromatic rings. The van der Waals surface area contributed by atoms with Crippen LogP contribution in [0.5, 0.6) is 0 Å². The summed E-state index contributed by atoms with van der Waals surface area (Å²) in [5, 5.41) is 15.5. The van der Waals surface area contributed by atoms with Crippen LogP contribution >= 0.6 is 11.3 Å². The third-order valence-corrected chi connectivity index (χ3v) is 6.07. The van der Waals surface area contributed by atoms with E-state index in [9.17, 15) is 19.2 Å². The largest absolute Gasteiger partial charge is 0.481 e. The molecule has 1 unspecified atom stereocenters. The van der Waals surface area contributed by atoms with E-state index in [2.05, 4.69) is 15.6 Å². The second-order valence-corrected chi connectivity index (χ2v) is 8.35. The van der Waals surface area contributed by atoms with Crippen molar-refractivity contribution in [1.29, 1.82) is 0 Å². The summed E-state index contributed by atoms with van der Waals surface area (Å²) in [6.45, 7) is 0.0392. The van der Waals surface area contributed by atoms with Crippen molar-refractivity contribution in [3.63, 3.8) is 0 Å². The number of alkyl carbamates (subject to hydrolysis) is 1. The number of nitrogens with one attached hydrogen (secondary N) is 3. The lowest BCUT2D eigenvalue weighted by Gasteiger charge is -2.18. The van der Waals surface area contributed by atoms with Crippen molar-refractivity contribution < 1.29 is 24.2 Å². The molecule has 2 amide bonds. The fourth-order valence-electron chi connectivity index (χ4n) is 3.87. The number of carbonyl (C=O) groups excluding carboxylic acids is 2. The SMILES string of the molecule is O=C(O)CC(NC(=O)OCC1c2ccccc2-c2ccccc21)C(=O)NCc1csc(=O)[nH]1. The minimum Gasteiger partial charge on any atom is -0.481 e. The number of amides is 2. The smallest absolute Gasteiger partial charge is 0.407 e. The van der Waals surface area contributed by atoms with Crippen LogP contribution in [0.15, 0.2) is 58.7 Å². The first-order valence-electron chi connectivity index (χ1n) is 10.2. The number of aliphatic carboxylic acids is 1. The van der Waals surface area contributed by atoms with Gasteiger partial charge in [-0.25, -0.2) is 4.79 Å². The number of aromatic amines is 1. The molecular formula is C23H21N3O6S. The van der Waals surface area contributed by atoms with Crippen LogP contribution in [-0.2, 0) is 20.9 Å². The van der Waals surface area contributed by atoms with Gasteiger partial charge in [0.15, 0.2) is 0 Å². The van der Waals surface area contributed by atoms with Gasteiger partial charge in [-0.05, 0) is 22.3 Å². The molecule has 0 radical (unpaired) electrons. The van der Waals surface area contributed by atoms with E-state index in [4.69, 9.17) is 9.84 Å². The van der Waals surface area contributed by atoms with Crippen LogP contribution < -0.4 is 15.5 Å². The number of ether oxygens (including phenoxy) is 1.